The number of nitriles is 1. The van der Waals surface area contributed by atoms with Crippen molar-refractivity contribution in [2.75, 3.05) is 31.1 Å². The molecule has 9 nitrogen and oxygen atoms in total. The van der Waals surface area contributed by atoms with Crippen molar-refractivity contribution < 1.29 is 14.0 Å². The van der Waals surface area contributed by atoms with Crippen LogP contribution < -0.4 is 16.2 Å². The lowest BCUT2D eigenvalue weighted by atomic mass is 9.87. The Hall–Kier alpha value is -3.38. The maximum atomic E-state index is 12.0. The number of furan rings is 1. The number of rotatable bonds is 2. The monoisotopic (exact) mass is 394 g/mol. The number of fused-ring (bicyclic) bond motifs is 1. The van der Waals surface area contributed by atoms with Crippen molar-refractivity contribution in [2.45, 2.75) is 25.7 Å². The lowest BCUT2D eigenvalue weighted by molar-refractivity contribution is -0.146. The molecule has 2 aromatic heterocycles. The van der Waals surface area contributed by atoms with Gasteiger partial charge in [-0.25, -0.2) is 10.8 Å². The number of nitrogens with zero attached hydrogens (tertiary/aromatic N) is 4. The summed E-state index contributed by atoms with van der Waals surface area (Å²) in [4.78, 5) is 31.8. The number of hydrazine groups is 1. The minimum absolute atomic E-state index is 0.353. The number of nitrogens with one attached hydrogen (secondary N) is 1. The SMILES string of the molecule is N#Cc1c(N2CCN(C(=O)C(=O)NN)CC2)nc(-c2ccco2)c2c1CCCC2. The molecule has 1 aliphatic heterocycles. The molecular formula is C20H22N6O3. The van der Waals surface area contributed by atoms with Gasteiger partial charge in [0.25, 0.3) is 0 Å². The summed E-state index contributed by atoms with van der Waals surface area (Å²) in [5.74, 6) is 4.89. The first kappa shape index (κ1) is 19.0. The highest BCUT2D eigenvalue weighted by atomic mass is 16.3. The van der Waals surface area contributed by atoms with Crippen LogP contribution in [-0.2, 0) is 22.4 Å². The molecule has 0 radical (unpaired) electrons. The summed E-state index contributed by atoms with van der Waals surface area (Å²) in [6, 6.07) is 6.07. The number of hydrogen-bond donors (Lipinski definition) is 2. The molecule has 4 rings (SSSR count). The van der Waals surface area contributed by atoms with Crippen molar-refractivity contribution in [1.29, 1.82) is 5.26 Å². The topological polar surface area (TPSA) is 128 Å². The molecule has 0 saturated carbocycles. The van der Waals surface area contributed by atoms with Gasteiger partial charge < -0.3 is 14.2 Å². The summed E-state index contributed by atoms with van der Waals surface area (Å²) in [6.07, 6.45) is 5.45. The fourth-order valence-corrected chi connectivity index (χ4v) is 4.10. The number of aromatic nitrogens is 1. The highest BCUT2D eigenvalue weighted by Gasteiger charge is 2.30. The molecule has 2 aliphatic rings. The Balaban J connectivity index is 1.68. The molecule has 2 aromatic rings. The Labute approximate surface area is 168 Å². The Morgan fingerprint density at radius 2 is 1.90 bits per heavy atom. The average molecular weight is 394 g/mol. The maximum Gasteiger partial charge on any atom is 0.323 e. The van der Waals surface area contributed by atoms with Crippen LogP contribution in [0.3, 0.4) is 0 Å². The first-order valence-corrected chi connectivity index (χ1v) is 9.68. The van der Waals surface area contributed by atoms with Crippen LogP contribution in [0.25, 0.3) is 11.5 Å². The number of nitrogens with two attached hydrogens (primary N) is 1. The van der Waals surface area contributed by atoms with Crippen molar-refractivity contribution in [2.24, 2.45) is 5.84 Å². The van der Waals surface area contributed by atoms with E-state index < -0.39 is 11.8 Å². The predicted molar refractivity (Wildman–Crippen MR) is 104 cm³/mol. The molecule has 9 heteroatoms. The normalized spacial score (nSPS) is 16.1. The highest BCUT2D eigenvalue weighted by Crippen LogP contribution is 2.36. The first-order chi connectivity index (χ1) is 14.1. The van der Waals surface area contributed by atoms with Gasteiger partial charge in [-0.1, -0.05) is 0 Å². The molecule has 1 saturated heterocycles. The van der Waals surface area contributed by atoms with Crippen molar-refractivity contribution in [1.82, 2.24) is 15.3 Å². The van der Waals surface area contributed by atoms with Gasteiger partial charge in [0, 0.05) is 26.2 Å². The molecule has 0 atom stereocenters. The van der Waals surface area contributed by atoms with Crippen LogP contribution in [-0.4, -0.2) is 47.9 Å². The fourth-order valence-electron chi connectivity index (χ4n) is 4.10. The summed E-state index contributed by atoms with van der Waals surface area (Å²) in [6.45, 7) is 1.65. The Morgan fingerprint density at radius 3 is 2.52 bits per heavy atom. The summed E-state index contributed by atoms with van der Waals surface area (Å²) in [7, 11) is 0. The third-order valence-corrected chi connectivity index (χ3v) is 5.55. The van der Waals surface area contributed by atoms with Crippen LogP contribution in [0.1, 0.15) is 29.5 Å². The molecule has 150 valence electrons. The molecule has 1 fully saturated rings. The Morgan fingerprint density at radius 1 is 1.17 bits per heavy atom. The average Bonchev–Trinajstić information content (AvgIpc) is 3.31. The van der Waals surface area contributed by atoms with Gasteiger partial charge in [0.1, 0.15) is 17.6 Å². The summed E-state index contributed by atoms with van der Waals surface area (Å²) in [5, 5.41) is 9.90. The van der Waals surface area contributed by atoms with Gasteiger partial charge in [-0.2, -0.15) is 5.26 Å². The van der Waals surface area contributed by atoms with Crippen molar-refractivity contribution >= 4 is 17.6 Å². The van der Waals surface area contributed by atoms with E-state index in [9.17, 15) is 14.9 Å². The molecule has 3 N–H and O–H groups in total. The zero-order valence-electron chi connectivity index (χ0n) is 16.0. The molecular weight excluding hydrogens is 372 g/mol. The van der Waals surface area contributed by atoms with Gasteiger partial charge in [-0.3, -0.25) is 15.0 Å². The molecule has 0 bridgehead atoms. The van der Waals surface area contributed by atoms with E-state index >= 15 is 0 Å². The third kappa shape index (κ3) is 3.43. The van der Waals surface area contributed by atoms with Crippen molar-refractivity contribution in [3.05, 3.63) is 35.1 Å². The first-order valence-electron chi connectivity index (χ1n) is 9.68. The van der Waals surface area contributed by atoms with Gasteiger partial charge in [0.2, 0.25) is 0 Å². The molecule has 29 heavy (non-hydrogen) atoms. The number of pyridine rings is 1. The lowest BCUT2D eigenvalue weighted by Gasteiger charge is -2.36. The Kier molecular flexibility index (Phi) is 5.18. The van der Waals surface area contributed by atoms with Crippen LogP contribution in [0, 0.1) is 11.3 Å². The predicted octanol–water partition coefficient (Wildman–Crippen LogP) is 0.731. The van der Waals surface area contributed by atoms with Gasteiger partial charge in [0.05, 0.1) is 11.8 Å². The third-order valence-electron chi connectivity index (χ3n) is 5.55. The zero-order valence-corrected chi connectivity index (χ0v) is 16.0. The zero-order chi connectivity index (χ0) is 20.4. The van der Waals surface area contributed by atoms with Crippen LogP contribution in [0.4, 0.5) is 5.82 Å². The molecule has 0 spiro atoms. The highest BCUT2D eigenvalue weighted by molar-refractivity contribution is 6.34. The number of carbonyl (C=O) groups excluding carboxylic acids is 2. The second kappa shape index (κ2) is 7.93. The van der Waals surface area contributed by atoms with E-state index in [2.05, 4.69) is 6.07 Å². The van der Waals surface area contributed by atoms with Gasteiger partial charge in [-0.15, -0.1) is 0 Å². The van der Waals surface area contributed by atoms with E-state index in [0.717, 1.165) is 42.5 Å². The fraction of sp³-hybridized carbons (Fsp3) is 0.400. The number of piperazine rings is 1. The maximum absolute atomic E-state index is 12.0. The molecule has 2 amide bonds. The van der Waals surface area contributed by atoms with Gasteiger partial charge in [0.15, 0.2) is 5.76 Å². The van der Waals surface area contributed by atoms with Crippen molar-refractivity contribution in [3.63, 3.8) is 0 Å². The second-order valence-corrected chi connectivity index (χ2v) is 7.17. The standard InChI is InChI=1S/C20H22N6O3/c21-12-15-13-4-1-2-5-14(13)17(16-6-3-11-29-16)23-18(15)25-7-9-26(10-8-25)20(28)19(27)24-22/h3,6,11H,1-2,4-5,7-10,22H2,(H,24,27). The van der Waals surface area contributed by atoms with Crippen LogP contribution in [0.2, 0.25) is 0 Å². The molecule has 1 aliphatic carbocycles. The molecule has 0 aromatic carbocycles. The minimum atomic E-state index is -0.830. The van der Waals surface area contributed by atoms with Crippen LogP contribution in [0.15, 0.2) is 22.8 Å². The molecule has 3 heterocycles. The van der Waals surface area contributed by atoms with Gasteiger partial charge >= 0.3 is 11.8 Å². The number of carbonyl (C=O) groups is 2. The number of amides is 2. The van der Waals surface area contributed by atoms with E-state index in [-0.39, 0.29) is 0 Å². The van der Waals surface area contributed by atoms with E-state index in [1.165, 1.54) is 4.90 Å². The smallest absolute Gasteiger partial charge is 0.323 e. The van der Waals surface area contributed by atoms with Crippen LogP contribution >= 0.6 is 0 Å². The van der Waals surface area contributed by atoms with E-state index in [1.54, 1.807) is 6.26 Å². The number of hydrogen-bond acceptors (Lipinski definition) is 7. The summed E-state index contributed by atoms with van der Waals surface area (Å²) in [5.41, 5.74) is 5.42. The summed E-state index contributed by atoms with van der Waals surface area (Å²) >= 11 is 0. The largest absolute Gasteiger partial charge is 0.463 e. The molecule has 0 unspecified atom stereocenters. The van der Waals surface area contributed by atoms with E-state index in [1.807, 2.05) is 22.5 Å². The minimum Gasteiger partial charge on any atom is -0.463 e. The van der Waals surface area contributed by atoms with E-state index in [4.69, 9.17) is 15.2 Å². The second-order valence-electron chi connectivity index (χ2n) is 7.17. The van der Waals surface area contributed by atoms with Crippen molar-refractivity contribution in [3.8, 4) is 17.5 Å². The summed E-state index contributed by atoms with van der Waals surface area (Å²) < 4.78 is 5.62. The quantitative estimate of drug-likeness (QED) is 0.332. The van der Waals surface area contributed by atoms with E-state index in [0.29, 0.717) is 43.3 Å². The Bertz CT molecular complexity index is 971. The number of anilines is 1. The van der Waals surface area contributed by atoms with Gasteiger partial charge in [-0.05, 0) is 48.9 Å². The lowest BCUT2D eigenvalue weighted by Crippen LogP contribution is -2.53. The van der Waals surface area contributed by atoms with Crippen LogP contribution in [0.5, 0.6) is 0 Å².